The zero-order chi connectivity index (χ0) is 22.8. The number of anilines is 1. The van der Waals surface area contributed by atoms with E-state index >= 15 is 0 Å². The summed E-state index contributed by atoms with van der Waals surface area (Å²) in [5, 5.41) is 2.87. The number of amides is 2. The SMILES string of the molecule is CCOC(=O)C1=C(C)N(c2ccc3c(c2)OCO3)C(=O)NC1c1ccc(C(=O)OC)cc1. The molecule has 32 heavy (non-hydrogen) atoms. The van der Waals surface area contributed by atoms with Gasteiger partial charge in [0.2, 0.25) is 6.79 Å². The van der Waals surface area contributed by atoms with E-state index in [1.165, 1.54) is 12.0 Å². The number of esters is 2. The van der Waals surface area contributed by atoms with Crippen LogP contribution in [0.4, 0.5) is 10.5 Å². The van der Waals surface area contributed by atoms with E-state index in [4.69, 9.17) is 18.9 Å². The topological polar surface area (TPSA) is 103 Å². The molecule has 0 aliphatic carbocycles. The molecule has 1 N–H and O–H groups in total. The van der Waals surface area contributed by atoms with Gasteiger partial charge >= 0.3 is 18.0 Å². The highest BCUT2D eigenvalue weighted by atomic mass is 16.7. The number of urea groups is 1. The molecular formula is C23H22N2O7. The molecule has 0 saturated carbocycles. The molecule has 2 aliphatic heterocycles. The zero-order valence-electron chi connectivity index (χ0n) is 17.8. The Bertz CT molecular complexity index is 1110. The number of hydrogen-bond donors (Lipinski definition) is 1. The summed E-state index contributed by atoms with van der Waals surface area (Å²) < 4.78 is 20.8. The highest BCUT2D eigenvalue weighted by molar-refractivity contribution is 6.03. The van der Waals surface area contributed by atoms with Gasteiger partial charge in [-0.05, 0) is 43.7 Å². The van der Waals surface area contributed by atoms with Gasteiger partial charge in [-0.2, -0.15) is 0 Å². The Kier molecular flexibility index (Phi) is 5.72. The minimum atomic E-state index is -0.751. The summed E-state index contributed by atoms with van der Waals surface area (Å²) in [6.07, 6.45) is 0. The van der Waals surface area contributed by atoms with Crippen molar-refractivity contribution in [3.05, 3.63) is 64.9 Å². The highest BCUT2D eigenvalue weighted by Crippen LogP contribution is 2.39. The number of benzene rings is 2. The number of allylic oxidation sites excluding steroid dienone is 1. The largest absolute Gasteiger partial charge is 0.465 e. The van der Waals surface area contributed by atoms with Crippen LogP contribution in [-0.2, 0) is 14.3 Å². The van der Waals surface area contributed by atoms with Gasteiger partial charge in [-0.15, -0.1) is 0 Å². The van der Waals surface area contributed by atoms with Gasteiger partial charge in [0.25, 0.3) is 0 Å². The molecule has 0 fully saturated rings. The summed E-state index contributed by atoms with van der Waals surface area (Å²) in [5.74, 6) is 0.0802. The number of rotatable bonds is 5. The van der Waals surface area contributed by atoms with Gasteiger partial charge in [0, 0.05) is 11.8 Å². The first-order chi connectivity index (χ1) is 15.4. The Hall–Kier alpha value is -4.01. The Labute approximate surface area is 184 Å². The maximum Gasteiger partial charge on any atom is 0.338 e. The molecule has 9 nitrogen and oxygen atoms in total. The standard InChI is InChI=1S/C23H22N2O7/c1-4-30-22(27)19-13(2)25(16-9-10-17-18(11-16)32-12-31-17)23(28)24-20(19)14-5-7-15(8-6-14)21(26)29-3/h5-11,20H,4,12H2,1-3H3,(H,24,28). The number of hydrogen-bond acceptors (Lipinski definition) is 7. The number of nitrogens with one attached hydrogen (secondary N) is 1. The van der Waals surface area contributed by atoms with Crippen LogP contribution in [0.15, 0.2) is 53.7 Å². The first kappa shape index (κ1) is 21.2. The van der Waals surface area contributed by atoms with Gasteiger partial charge < -0.3 is 24.3 Å². The van der Waals surface area contributed by atoms with E-state index in [1.54, 1.807) is 56.3 Å². The number of methoxy groups -OCH3 is 1. The molecule has 0 spiro atoms. The molecule has 2 aromatic carbocycles. The second-order valence-electron chi connectivity index (χ2n) is 7.09. The maximum atomic E-state index is 13.1. The Morgan fingerprint density at radius 2 is 1.81 bits per heavy atom. The van der Waals surface area contributed by atoms with Crippen molar-refractivity contribution in [1.82, 2.24) is 5.32 Å². The van der Waals surface area contributed by atoms with Crippen molar-refractivity contribution in [2.75, 3.05) is 25.4 Å². The number of nitrogens with zero attached hydrogens (tertiary/aromatic N) is 1. The van der Waals surface area contributed by atoms with Crippen molar-refractivity contribution in [1.29, 1.82) is 0 Å². The Balaban J connectivity index is 1.76. The number of carbonyl (C=O) groups is 3. The van der Waals surface area contributed by atoms with Crippen molar-refractivity contribution < 1.29 is 33.3 Å². The van der Waals surface area contributed by atoms with Gasteiger partial charge in [-0.3, -0.25) is 4.90 Å². The summed E-state index contributed by atoms with van der Waals surface area (Å²) in [6.45, 7) is 3.69. The molecule has 2 aromatic rings. The van der Waals surface area contributed by atoms with Crippen LogP contribution >= 0.6 is 0 Å². The van der Waals surface area contributed by atoms with Crippen LogP contribution in [0.25, 0.3) is 0 Å². The van der Waals surface area contributed by atoms with E-state index in [2.05, 4.69) is 5.32 Å². The lowest BCUT2D eigenvalue weighted by Gasteiger charge is -2.35. The fourth-order valence-corrected chi connectivity index (χ4v) is 3.73. The van der Waals surface area contributed by atoms with Crippen LogP contribution in [0.3, 0.4) is 0 Å². The van der Waals surface area contributed by atoms with Crippen LogP contribution in [0, 0.1) is 0 Å². The van der Waals surface area contributed by atoms with E-state index in [0.29, 0.717) is 34.0 Å². The lowest BCUT2D eigenvalue weighted by molar-refractivity contribution is -0.139. The second kappa shape index (κ2) is 8.62. The fourth-order valence-electron chi connectivity index (χ4n) is 3.73. The average molecular weight is 438 g/mol. The molecule has 0 radical (unpaired) electrons. The molecule has 2 amide bonds. The van der Waals surface area contributed by atoms with E-state index in [1.807, 2.05) is 0 Å². The van der Waals surface area contributed by atoms with Crippen molar-refractivity contribution in [2.45, 2.75) is 19.9 Å². The zero-order valence-corrected chi connectivity index (χ0v) is 17.8. The summed E-state index contributed by atoms with van der Waals surface area (Å²) in [4.78, 5) is 39.2. The van der Waals surface area contributed by atoms with Crippen LogP contribution < -0.4 is 19.7 Å². The Morgan fingerprint density at radius 3 is 2.50 bits per heavy atom. The third-order valence-electron chi connectivity index (χ3n) is 5.26. The van der Waals surface area contributed by atoms with Crippen molar-refractivity contribution in [3.8, 4) is 11.5 Å². The number of carbonyl (C=O) groups excluding carboxylic acids is 3. The minimum absolute atomic E-state index is 0.109. The summed E-state index contributed by atoms with van der Waals surface area (Å²) in [6, 6.07) is 10.4. The van der Waals surface area contributed by atoms with Crippen LogP contribution in [0.1, 0.15) is 35.8 Å². The number of fused-ring (bicyclic) bond motifs is 1. The summed E-state index contributed by atoms with van der Waals surface area (Å²) in [5.41, 5.74) is 2.21. The molecule has 2 heterocycles. The van der Waals surface area contributed by atoms with Crippen molar-refractivity contribution in [3.63, 3.8) is 0 Å². The Morgan fingerprint density at radius 1 is 1.09 bits per heavy atom. The average Bonchev–Trinajstić information content (AvgIpc) is 3.26. The molecule has 1 atom stereocenters. The molecular weight excluding hydrogens is 416 g/mol. The highest BCUT2D eigenvalue weighted by Gasteiger charge is 2.37. The first-order valence-corrected chi connectivity index (χ1v) is 10.0. The van der Waals surface area contributed by atoms with Crippen LogP contribution in [0.5, 0.6) is 11.5 Å². The summed E-state index contributed by atoms with van der Waals surface area (Å²) >= 11 is 0. The predicted octanol–water partition coefficient (Wildman–Crippen LogP) is 3.31. The quantitative estimate of drug-likeness (QED) is 0.715. The molecule has 2 aliphatic rings. The lowest BCUT2D eigenvalue weighted by atomic mass is 9.94. The third-order valence-corrected chi connectivity index (χ3v) is 5.26. The third kappa shape index (κ3) is 3.73. The van der Waals surface area contributed by atoms with E-state index in [9.17, 15) is 14.4 Å². The van der Waals surface area contributed by atoms with Gasteiger partial charge in [0.05, 0.1) is 36.6 Å². The van der Waals surface area contributed by atoms with E-state index in [-0.39, 0.29) is 19.0 Å². The van der Waals surface area contributed by atoms with Crippen molar-refractivity contribution >= 4 is 23.7 Å². The fraction of sp³-hybridized carbons (Fsp3) is 0.261. The predicted molar refractivity (Wildman–Crippen MR) is 113 cm³/mol. The van der Waals surface area contributed by atoms with Crippen molar-refractivity contribution in [2.24, 2.45) is 0 Å². The molecule has 9 heteroatoms. The molecule has 166 valence electrons. The molecule has 0 aromatic heterocycles. The van der Waals surface area contributed by atoms with Gasteiger partial charge in [-0.25, -0.2) is 14.4 Å². The smallest absolute Gasteiger partial charge is 0.338 e. The van der Waals surface area contributed by atoms with Gasteiger partial charge in [0.15, 0.2) is 11.5 Å². The normalized spacial score (nSPS) is 17.2. The summed E-state index contributed by atoms with van der Waals surface area (Å²) in [7, 11) is 1.30. The molecule has 1 unspecified atom stereocenters. The van der Waals surface area contributed by atoms with Crippen LogP contribution in [0.2, 0.25) is 0 Å². The number of ether oxygens (including phenoxy) is 4. The first-order valence-electron chi connectivity index (χ1n) is 10.0. The molecule has 0 saturated heterocycles. The molecule has 4 rings (SSSR count). The lowest BCUT2D eigenvalue weighted by Crippen LogP contribution is -2.48. The minimum Gasteiger partial charge on any atom is -0.465 e. The van der Waals surface area contributed by atoms with Gasteiger partial charge in [-0.1, -0.05) is 12.1 Å². The maximum absolute atomic E-state index is 13.1. The van der Waals surface area contributed by atoms with E-state index in [0.717, 1.165) is 0 Å². The monoisotopic (exact) mass is 438 g/mol. The second-order valence-corrected chi connectivity index (χ2v) is 7.09. The molecule has 0 bridgehead atoms. The van der Waals surface area contributed by atoms with Gasteiger partial charge in [0.1, 0.15) is 0 Å². The van der Waals surface area contributed by atoms with Crippen LogP contribution in [-0.4, -0.2) is 38.5 Å². The van der Waals surface area contributed by atoms with E-state index < -0.39 is 24.0 Å².